The average molecular weight is 283 g/mol. The first-order valence-corrected chi connectivity index (χ1v) is 5.76. The first kappa shape index (κ1) is 9.71. The molecule has 0 amide bonds. The standard InChI is InChI=1S/C8H14INS/c1-6(11)10-8-5-3-2-4-7(8)9/h7-8H,2-5H2,1H3,(H,10,11)/t7-,8-/m1/s1. The van der Waals surface area contributed by atoms with Gasteiger partial charge in [-0.05, 0) is 19.8 Å². The van der Waals surface area contributed by atoms with Crippen LogP contribution in [0.25, 0.3) is 0 Å². The molecule has 1 aliphatic rings. The molecule has 1 aliphatic carbocycles. The zero-order chi connectivity index (χ0) is 8.27. The lowest BCUT2D eigenvalue weighted by atomic mass is 9.95. The molecule has 11 heavy (non-hydrogen) atoms. The fourth-order valence-electron chi connectivity index (χ4n) is 1.51. The molecule has 0 aromatic carbocycles. The summed E-state index contributed by atoms with van der Waals surface area (Å²) in [6, 6.07) is 0.641. The fraction of sp³-hybridized carbons (Fsp3) is 0.875. The molecule has 0 heterocycles. The van der Waals surface area contributed by atoms with Crippen LogP contribution in [0.1, 0.15) is 32.6 Å². The van der Waals surface area contributed by atoms with Crippen molar-refractivity contribution in [3.8, 4) is 0 Å². The van der Waals surface area contributed by atoms with Crippen molar-refractivity contribution in [3.05, 3.63) is 0 Å². The van der Waals surface area contributed by atoms with E-state index in [0.29, 0.717) is 6.04 Å². The molecule has 1 nitrogen and oxygen atoms in total. The van der Waals surface area contributed by atoms with E-state index < -0.39 is 0 Å². The number of thiocarbonyl (C=S) groups is 1. The smallest absolute Gasteiger partial charge is 0.0724 e. The lowest BCUT2D eigenvalue weighted by Gasteiger charge is -2.28. The van der Waals surface area contributed by atoms with E-state index in [2.05, 4.69) is 27.9 Å². The highest BCUT2D eigenvalue weighted by Gasteiger charge is 2.21. The monoisotopic (exact) mass is 283 g/mol. The Morgan fingerprint density at radius 2 is 2.09 bits per heavy atom. The Morgan fingerprint density at radius 3 is 2.64 bits per heavy atom. The van der Waals surface area contributed by atoms with E-state index in [1.807, 2.05) is 6.92 Å². The van der Waals surface area contributed by atoms with E-state index in [1.165, 1.54) is 25.7 Å². The number of alkyl halides is 1. The number of hydrogen-bond acceptors (Lipinski definition) is 1. The van der Waals surface area contributed by atoms with Crippen LogP contribution in [-0.4, -0.2) is 15.0 Å². The second kappa shape index (κ2) is 4.60. The second-order valence-electron chi connectivity index (χ2n) is 3.11. The molecular weight excluding hydrogens is 269 g/mol. The van der Waals surface area contributed by atoms with Gasteiger partial charge in [0.05, 0.1) is 4.99 Å². The zero-order valence-electron chi connectivity index (χ0n) is 6.77. The summed E-state index contributed by atoms with van der Waals surface area (Å²) in [6.07, 6.45) is 5.39. The van der Waals surface area contributed by atoms with Crippen LogP contribution in [0.4, 0.5) is 0 Å². The van der Waals surface area contributed by atoms with Crippen molar-refractivity contribution < 1.29 is 0 Å². The lowest BCUT2D eigenvalue weighted by Crippen LogP contribution is -2.40. The number of hydrogen-bond donors (Lipinski definition) is 1. The van der Waals surface area contributed by atoms with Crippen molar-refractivity contribution in [3.63, 3.8) is 0 Å². The van der Waals surface area contributed by atoms with Crippen LogP contribution in [0.3, 0.4) is 0 Å². The van der Waals surface area contributed by atoms with Crippen LogP contribution >= 0.6 is 34.8 Å². The second-order valence-corrected chi connectivity index (χ2v) is 5.32. The minimum atomic E-state index is 0.641. The quantitative estimate of drug-likeness (QED) is 0.451. The molecule has 1 saturated carbocycles. The van der Waals surface area contributed by atoms with Gasteiger partial charge in [-0.25, -0.2) is 0 Å². The van der Waals surface area contributed by atoms with Crippen molar-refractivity contribution in [1.29, 1.82) is 0 Å². The van der Waals surface area contributed by atoms with Crippen LogP contribution in [0.2, 0.25) is 0 Å². The summed E-state index contributed by atoms with van der Waals surface area (Å²) in [5, 5.41) is 3.36. The maximum Gasteiger partial charge on any atom is 0.0724 e. The summed E-state index contributed by atoms with van der Waals surface area (Å²) in [6.45, 7) is 1.97. The zero-order valence-corrected chi connectivity index (χ0v) is 9.74. The summed E-state index contributed by atoms with van der Waals surface area (Å²) >= 11 is 7.54. The fourth-order valence-corrected chi connectivity index (χ4v) is 2.64. The van der Waals surface area contributed by atoms with E-state index in [9.17, 15) is 0 Å². The Balaban J connectivity index is 2.35. The topological polar surface area (TPSA) is 12.0 Å². The van der Waals surface area contributed by atoms with Crippen LogP contribution in [0.15, 0.2) is 0 Å². The Labute approximate surface area is 87.5 Å². The van der Waals surface area contributed by atoms with Crippen molar-refractivity contribution in [2.75, 3.05) is 0 Å². The largest absolute Gasteiger partial charge is 0.376 e. The number of nitrogens with one attached hydrogen (secondary N) is 1. The van der Waals surface area contributed by atoms with Gasteiger partial charge in [0.15, 0.2) is 0 Å². The Morgan fingerprint density at radius 1 is 1.45 bits per heavy atom. The van der Waals surface area contributed by atoms with Gasteiger partial charge in [-0.15, -0.1) is 0 Å². The molecule has 0 aromatic rings. The van der Waals surface area contributed by atoms with Gasteiger partial charge in [0.2, 0.25) is 0 Å². The van der Waals surface area contributed by atoms with E-state index in [0.717, 1.165) is 8.91 Å². The highest BCUT2D eigenvalue weighted by Crippen LogP contribution is 2.24. The molecule has 2 atom stereocenters. The van der Waals surface area contributed by atoms with Gasteiger partial charge in [0.25, 0.3) is 0 Å². The molecule has 3 heteroatoms. The summed E-state index contributed by atoms with van der Waals surface area (Å²) in [7, 11) is 0. The summed E-state index contributed by atoms with van der Waals surface area (Å²) < 4.78 is 0.777. The molecule has 1 rings (SSSR count). The van der Waals surface area contributed by atoms with Crippen LogP contribution in [0.5, 0.6) is 0 Å². The van der Waals surface area contributed by atoms with Gasteiger partial charge in [0, 0.05) is 9.97 Å². The average Bonchev–Trinajstić information content (AvgIpc) is 1.93. The highest BCUT2D eigenvalue weighted by atomic mass is 127. The molecule has 0 radical (unpaired) electrons. The van der Waals surface area contributed by atoms with Crippen LogP contribution in [-0.2, 0) is 0 Å². The maximum atomic E-state index is 5.01. The lowest BCUT2D eigenvalue weighted by molar-refractivity contribution is 0.437. The van der Waals surface area contributed by atoms with E-state index in [-0.39, 0.29) is 0 Å². The summed E-state index contributed by atoms with van der Waals surface area (Å²) in [5.41, 5.74) is 0. The molecule has 0 unspecified atom stereocenters. The third-order valence-electron chi connectivity index (χ3n) is 2.07. The van der Waals surface area contributed by atoms with Gasteiger partial charge >= 0.3 is 0 Å². The SMILES string of the molecule is CC(=S)N[C@@H]1CCCC[C@H]1I. The van der Waals surface area contributed by atoms with Crippen molar-refractivity contribution in [2.24, 2.45) is 0 Å². The van der Waals surface area contributed by atoms with E-state index in [4.69, 9.17) is 12.2 Å². The molecule has 0 saturated heterocycles. The van der Waals surface area contributed by atoms with E-state index in [1.54, 1.807) is 0 Å². The predicted molar refractivity (Wildman–Crippen MR) is 61.5 cm³/mol. The van der Waals surface area contributed by atoms with Gasteiger partial charge in [-0.3, -0.25) is 0 Å². The maximum absolute atomic E-state index is 5.01. The van der Waals surface area contributed by atoms with Crippen LogP contribution in [0, 0.1) is 0 Å². The molecule has 0 bridgehead atoms. The van der Waals surface area contributed by atoms with Crippen LogP contribution < -0.4 is 5.32 Å². The molecule has 1 N–H and O–H groups in total. The van der Waals surface area contributed by atoms with Crippen molar-refractivity contribution >= 4 is 39.8 Å². The Kier molecular flexibility index (Phi) is 4.06. The normalized spacial score (nSPS) is 31.5. The number of rotatable bonds is 1. The third kappa shape index (κ3) is 3.23. The summed E-state index contributed by atoms with van der Waals surface area (Å²) in [5.74, 6) is 0. The Bertz CT molecular complexity index is 149. The van der Waals surface area contributed by atoms with Gasteiger partial charge in [-0.2, -0.15) is 0 Å². The van der Waals surface area contributed by atoms with Gasteiger partial charge in [0.1, 0.15) is 0 Å². The van der Waals surface area contributed by atoms with E-state index >= 15 is 0 Å². The molecule has 0 spiro atoms. The minimum absolute atomic E-state index is 0.641. The van der Waals surface area contributed by atoms with Crippen molar-refractivity contribution in [1.82, 2.24) is 5.32 Å². The predicted octanol–water partition coefficient (Wildman–Crippen LogP) is 2.67. The molecule has 64 valence electrons. The summed E-state index contributed by atoms with van der Waals surface area (Å²) in [4.78, 5) is 0.943. The first-order chi connectivity index (χ1) is 5.20. The Hall–Kier alpha value is 0.620. The molecule has 0 aliphatic heterocycles. The highest BCUT2D eigenvalue weighted by molar-refractivity contribution is 14.1. The molecule has 0 aromatic heterocycles. The third-order valence-corrected chi connectivity index (χ3v) is 3.68. The molecule has 1 fully saturated rings. The van der Waals surface area contributed by atoms with Crippen molar-refractivity contribution in [2.45, 2.75) is 42.6 Å². The molecular formula is C8H14INS. The van der Waals surface area contributed by atoms with Gasteiger partial charge in [-0.1, -0.05) is 47.7 Å². The van der Waals surface area contributed by atoms with Gasteiger partial charge < -0.3 is 5.32 Å². The number of halogens is 1. The minimum Gasteiger partial charge on any atom is -0.376 e. The first-order valence-electron chi connectivity index (χ1n) is 4.11.